The predicted octanol–water partition coefficient (Wildman–Crippen LogP) is 4.00. The zero-order chi connectivity index (χ0) is 20.8. The summed E-state index contributed by atoms with van der Waals surface area (Å²) in [6, 6.07) is 8.75. The fraction of sp³-hybridized carbons (Fsp3) is 0.318. The van der Waals surface area contributed by atoms with E-state index in [4.69, 9.17) is 5.73 Å². The molecule has 0 spiro atoms. The Morgan fingerprint density at radius 1 is 1.28 bits per heavy atom. The number of nitrogens with zero attached hydrogens (tertiary/aromatic N) is 2. The first kappa shape index (κ1) is 19.1. The van der Waals surface area contributed by atoms with Crippen LogP contribution in [-0.4, -0.2) is 33.0 Å². The number of fused-ring (bicyclic) bond motifs is 1. The number of alkyl halides is 1. The molecule has 7 heteroatoms. The van der Waals surface area contributed by atoms with Crippen LogP contribution in [0.3, 0.4) is 0 Å². The zero-order valence-electron chi connectivity index (χ0n) is 16.4. The van der Waals surface area contributed by atoms with Gasteiger partial charge in [-0.1, -0.05) is 24.3 Å². The van der Waals surface area contributed by atoms with E-state index in [0.717, 1.165) is 17.5 Å². The van der Waals surface area contributed by atoms with Crippen molar-refractivity contribution in [2.45, 2.75) is 44.8 Å². The first-order chi connectivity index (χ1) is 13.8. The van der Waals surface area contributed by atoms with Gasteiger partial charge in [-0.3, -0.25) is 9.59 Å². The largest absolute Gasteiger partial charge is 0.377 e. The third kappa shape index (κ3) is 3.48. The summed E-state index contributed by atoms with van der Waals surface area (Å²) in [6.07, 6.45) is 5.18. The van der Waals surface area contributed by atoms with E-state index in [1.54, 1.807) is 23.6 Å². The molecule has 1 saturated carbocycles. The van der Waals surface area contributed by atoms with Crippen molar-refractivity contribution in [3.05, 3.63) is 53.9 Å². The summed E-state index contributed by atoms with van der Waals surface area (Å²) in [4.78, 5) is 23.5. The van der Waals surface area contributed by atoms with Gasteiger partial charge in [0.05, 0.1) is 29.0 Å². The number of anilines is 1. The van der Waals surface area contributed by atoms with Crippen molar-refractivity contribution in [1.29, 1.82) is 0 Å². The molecule has 3 aromatic rings. The Hall–Kier alpha value is -3.22. The number of aromatic nitrogens is 2. The molecule has 0 saturated heterocycles. The summed E-state index contributed by atoms with van der Waals surface area (Å²) in [5, 5.41) is 7.53. The number of hydrogen-bond acceptors (Lipinski definition) is 4. The molecule has 0 aliphatic heterocycles. The van der Waals surface area contributed by atoms with Crippen molar-refractivity contribution in [3.63, 3.8) is 0 Å². The monoisotopic (exact) mass is 394 g/mol. The lowest BCUT2D eigenvalue weighted by molar-refractivity contribution is 0.0996. The number of nitrogens with one attached hydrogen (secondary N) is 1. The number of ketones is 1. The number of primary amides is 1. The van der Waals surface area contributed by atoms with Crippen molar-refractivity contribution < 1.29 is 14.0 Å². The maximum atomic E-state index is 14.8. The average molecular weight is 394 g/mol. The Labute approximate surface area is 167 Å². The number of rotatable bonds is 5. The first-order valence-electron chi connectivity index (χ1n) is 9.64. The average Bonchev–Trinajstić information content (AvgIpc) is 3.25. The van der Waals surface area contributed by atoms with Gasteiger partial charge < -0.3 is 11.1 Å². The highest BCUT2D eigenvalue weighted by Gasteiger charge is 2.39. The van der Waals surface area contributed by atoms with Gasteiger partial charge in [-0.15, -0.1) is 0 Å². The number of benzene rings is 1. The molecule has 3 N–H and O–H groups in total. The van der Waals surface area contributed by atoms with Gasteiger partial charge in [-0.05, 0) is 44.7 Å². The van der Waals surface area contributed by atoms with Crippen molar-refractivity contribution in [3.8, 4) is 11.1 Å². The quantitative estimate of drug-likeness (QED) is 0.640. The number of amides is 1. The van der Waals surface area contributed by atoms with Crippen LogP contribution in [-0.2, 0) is 0 Å². The summed E-state index contributed by atoms with van der Waals surface area (Å²) in [5.41, 5.74) is 7.99. The van der Waals surface area contributed by atoms with Gasteiger partial charge in [0, 0.05) is 17.3 Å². The molecule has 1 aliphatic carbocycles. The molecule has 150 valence electrons. The van der Waals surface area contributed by atoms with Gasteiger partial charge in [0.25, 0.3) is 5.91 Å². The van der Waals surface area contributed by atoms with E-state index in [0.29, 0.717) is 29.6 Å². The summed E-state index contributed by atoms with van der Waals surface area (Å²) >= 11 is 0. The second kappa shape index (κ2) is 6.99. The van der Waals surface area contributed by atoms with E-state index in [1.165, 1.54) is 13.1 Å². The molecule has 29 heavy (non-hydrogen) atoms. The molecule has 2 atom stereocenters. The van der Waals surface area contributed by atoms with Gasteiger partial charge >= 0.3 is 0 Å². The fourth-order valence-electron chi connectivity index (χ4n) is 3.97. The highest BCUT2D eigenvalue weighted by atomic mass is 19.1. The smallest absolute Gasteiger partial charge is 0.252 e. The van der Waals surface area contributed by atoms with Crippen LogP contribution >= 0.6 is 0 Å². The molecule has 1 amide bonds. The molecule has 1 aromatic carbocycles. The highest BCUT2D eigenvalue weighted by molar-refractivity contribution is 6.02. The maximum absolute atomic E-state index is 14.8. The van der Waals surface area contributed by atoms with Crippen LogP contribution in [0.4, 0.5) is 10.1 Å². The summed E-state index contributed by atoms with van der Waals surface area (Å²) in [6.45, 7) is 3.11. The van der Waals surface area contributed by atoms with E-state index >= 15 is 0 Å². The lowest BCUT2D eigenvalue weighted by atomic mass is 10.0. The number of carbonyl (C=O) groups excluding carboxylic acids is 2. The van der Waals surface area contributed by atoms with Crippen LogP contribution in [0.2, 0.25) is 0 Å². The Bertz CT molecular complexity index is 1100. The number of hydrogen-bond donors (Lipinski definition) is 2. The van der Waals surface area contributed by atoms with E-state index in [9.17, 15) is 14.0 Å². The van der Waals surface area contributed by atoms with E-state index < -0.39 is 17.6 Å². The Morgan fingerprint density at radius 2 is 2.00 bits per heavy atom. The predicted molar refractivity (Wildman–Crippen MR) is 110 cm³/mol. The fourth-order valence-corrected chi connectivity index (χ4v) is 3.97. The molecule has 6 nitrogen and oxygen atoms in total. The molecule has 2 unspecified atom stereocenters. The number of halogens is 1. The first-order valence-corrected chi connectivity index (χ1v) is 9.64. The number of carbonyl (C=O) groups is 2. The highest BCUT2D eigenvalue weighted by Crippen LogP contribution is 2.37. The van der Waals surface area contributed by atoms with Crippen LogP contribution in [0.5, 0.6) is 0 Å². The minimum absolute atomic E-state index is 0.00341. The van der Waals surface area contributed by atoms with Crippen LogP contribution in [0.1, 0.15) is 53.8 Å². The topological polar surface area (TPSA) is 89.5 Å². The summed E-state index contributed by atoms with van der Waals surface area (Å²) < 4.78 is 16.5. The van der Waals surface area contributed by atoms with Crippen LogP contribution in [0.25, 0.3) is 16.6 Å². The van der Waals surface area contributed by atoms with Gasteiger partial charge in [0.1, 0.15) is 5.67 Å². The molecule has 0 bridgehead atoms. The molecule has 4 rings (SSSR count). The molecular formula is C22H23FN4O2. The molecule has 2 heterocycles. The standard InChI is InChI=1S/C22H23FN4O2/c1-13(28)14-5-7-15(8-6-14)16-10-18-20(26-19-4-3-9-22(19,2)23)17(21(24)29)11-25-27(18)12-16/h5-8,10-12,19,26H,3-4,9H2,1-2H3,(H2,24,29). The second-order valence-electron chi connectivity index (χ2n) is 7.86. The SMILES string of the molecule is CC(=O)c1ccc(-c2cc3c(NC4CCCC4(C)F)c(C(N)=O)cnn3c2)cc1. The van der Waals surface area contributed by atoms with E-state index in [1.807, 2.05) is 24.4 Å². The molecule has 1 fully saturated rings. The van der Waals surface area contributed by atoms with Crippen molar-refractivity contribution in [2.24, 2.45) is 5.73 Å². The van der Waals surface area contributed by atoms with Crippen molar-refractivity contribution in [2.75, 3.05) is 5.32 Å². The van der Waals surface area contributed by atoms with Gasteiger partial charge in [-0.2, -0.15) is 5.10 Å². The lowest BCUT2D eigenvalue weighted by Gasteiger charge is -2.26. The molecule has 0 radical (unpaired) electrons. The third-order valence-corrected chi connectivity index (χ3v) is 5.73. The number of Topliss-reactive ketones (excluding diaryl/α,β-unsaturated/α-hetero) is 1. The minimum Gasteiger partial charge on any atom is -0.377 e. The van der Waals surface area contributed by atoms with Gasteiger partial charge in [0.2, 0.25) is 0 Å². The van der Waals surface area contributed by atoms with E-state index in [2.05, 4.69) is 10.4 Å². The lowest BCUT2D eigenvalue weighted by Crippen LogP contribution is -2.36. The second-order valence-corrected chi connectivity index (χ2v) is 7.86. The number of nitrogens with two attached hydrogens (primary N) is 1. The van der Waals surface area contributed by atoms with Crippen LogP contribution in [0.15, 0.2) is 42.7 Å². The molecule has 2 aromatic heterocycles. The van der Waals surface area contributed by atoms with Crippen LogP contribution < -0.4 is 11.1 Å². The Kier molecular flexibility index (Phi) is 4.61. The molecule has 1 aliphatic rings. The van der Waals surface area contributed by atoms with Gasteiger partial charge in [0.15, 0.2) is 5.78 Å². The van der Waals surface area contributed by atoms with Crippen molar-refractivity contribution >= 4 is 22.9 Å². The summed E-state index contributed by atoms with van der Waals surface area (Å²) in [7, 11) is 0. The normalized spacial score (nSPS) is 21.4. The van der Waals surface area contributed by atoms with Crippen molar-refractivity contribution in [1.82, 2.24) is 9.61 Å². The third-order valence-electron chi connectivity index (χ3n) is 5.73. The zero-order valence-corrected chi connectivity index (χ0v) is 16.4. The molecular weight excluding hydrogens is 371 g/mol. The Balaban J connectivity index is 1.79. The Morgan fingerprint density at radius 3 is 2.59 bits per heavy atom. The van der Waals surface area contributed by atoms with Gasteiger partial charge in [-0.25, -0.2) is 8.91 Å². The van der Waals surface area contributed by atoms with Crippen LogP contribution in [0, 0.1) is 0 Å². The minimum atomic E-state index is -1.35. The van der Waals surface area contributed by atoms with E-state index in [-0.39, 0.29) is 11.3 Å². The maximum Gasteiger partial charge on any atom is 0.252 e. The summed E-state index contributed by atoms with van der Waals surface area (Å²) in [5.74, 6) is -0.613.